The molecule has 6 nitrogen and oxygen atoms in total. The van der Waals surface area contributed by atoms with E-state index in [9.17, 15) is 9.59 Å². The van der Waals surface area contributed by atoms with Gasteiger partial charge in [-0.1, -0.05) is 56.3 Å². The molecule has 0 unspecified atom stereocenters. The molecule has 0 radical (unpaired) electrons. The van der Waals surface area contributed by atoms with Crippen LogP contribution < -0.4 is 5.32 Å². The van der Waals surface area contributed by atoms with Gasteiger partial charge in [0, 0.05) is 32.7 Å². The molecule has 162 valence electrons. The molecule has 4 rings (SSSR count). The van der Waals surface area contributed by atoms with Gasteiger partial charge in [0.05, 0.1) is 6.26 Å². The van der Waals surface area contributed by atoms with Gasteiger partial charge in [-0.05, 0) is 34.4 Å². The SMILES string of the molecule is CC(C)[C@@H](NC(=O)c1ccco1)C(=O)N1CCN(Cc2cccc3ccccc23)CC1. The number of nitrogens with one attached hydrogen (secondary N) is 1. The molecule has 0 aliphatic carbocycles. The third-order valence-corrected chi connectivity index (χ3v) is 5.92. The first kappa shape index (κ1) is 21.1. The van der Waals surface area contributed by atoms with E-state index >= 15 is 0 Å². The Bertz CT molecular complexity index is 1030. The van der Waals surface area contributed by atoms with Gasteiger partial charge in [-0.2, -0.15) is 0 Å². The summed E-state index contributed by atoms with van der Waals surface area (Å²) in [5.41, 5.74) is 1.31. The fraction of sp³-hybridized carbons (Fsp3) is 0.360. The topological polar surface area (TPSA) is 65.8 Å². The largest absolute Gasteiger partial charge is 0.459 e. The molecule has 2 heterocycles. The maximum absolute atomic E-state index is 13.1. The van der Waals surface area contributed by atoms with Crippen LogP contribution in [0.15, 0.2) is 65.3 Å². The zero-order chi connectivity index (χ0) is 21.8. The number of fused-ring (bicyclic) bond motifs is 1. The molecule has 3 aromatic rings. The molecule has 2 aromatic carbocycles. The van der Waals surface area contributed by atoms with E-state index in [0.29, 0.717) is 13.1 Å². The Morgan fingerprint density at radius 2 is 1.71 bits per heavy atom. The minimum atomic E-state index is -0.567. The molecule has 1 aliphatic rings. The standard InChI is InChI=1S/C25H29N3O3/c1-18(2)23(26-24(29)22-11-6-16-31-22)25(30)28-14-12-27(13-15-28)17-20-9-5-8-19-7-3-4-10-21(19)20/h3-11,16,18,23H,12-15,17H2,1-2H3,(H,26,29)/t23-/m1/s1. The minimum absolute atomic E-state index is 0.0138. The number of hydrogen-bond donors (Lipinski definition) is 1. The van der Waals surface area contributed by atoms with Crippen LogP contribution in [0.1, 0.15) is 30.0 Å². The molecule has 0 spiro atoms. The highest BCUT2D eigenvalue weighted by molar-refractivity contribution is 5.95. The number of piperazine rings is 1. The summed E-state index contributed by atoms with van der Waals surface area (Å²) >= 11 is 0. The van der Waals surface area contributed by atoms with Crippen molar-refractivity contribution < 1.29 is 14.0 Å². The number of carbonyl (C=O) groups excluding carboxylic acids is 2. The van der Waals surface area contributed by atoms with E-state index in [2.05, 4.69) is 52.7 Å². The van der Waals surface area contributed by atoms with Crippen LogP contribution in [0.3, 0.4) is 0 Å². The lowest BCUT2D eigenvalue weighted by molar-refractivity contribution is -0.136. The van der Waals surface area contributed by atoms with Crippen LogP contribution in [0.4, 0.5) is 0 Å². The van der Waals surface area contributed by atoms with Gasteiger partial charge in [0.1, 0.15) is 6.04 Å². The fourth-order valence-electron chi connectivity index (χ4n) is 4.13. The van der Waals surface area contributed by atoms with Gasteiger partial charge in [0.2, 0.25) is 5.91 Å². The summed E-state index contributed by atoms with van der Waals surface area (Å²) in [7, 11) is 0. The van der Waals surface area contributed by atoms with Crippen molar-refractivity contribution in [3.63, 3.8) is 0 Å². The molecule has 6 heteroatoms. The van der Waals surface area contributed by atoms with Gasteiger partial charge >= 0.3 is 0 Å². The predicted octanol–water partition coefficient (Wildman–Crippen LogP) is 3.53. The third-order valence-electron chi connectivity index (χ3n) is 5.92. The summed E-state index contributed by atoms with van der Waals surface area (Å²) in [6, 6.07) is 17.6. The molecule has 2 amide bonds. The summed E-state index contributed by atoms with van der Waals surface area (Å²) in [6.45, 7) is 7.69. The van der Waals surface area contributed by atoms with Crippen LogP contribution >= 0.6 is 0 Å². The van der Waals surface area contributed by atoms with Crippen molar-refractivity contribution in [2.24, 2.45) is 5.92 Å². The molecule has 1 fully saturated rings. The first-order chi connectivity index (χ1) is 15.0. The van der Waals surface area contributed by atoms with Crippen molar-refractivity contribution in [1.29, 1.82) is 0 Å². The van der Waals surface area contributed by atoms with E-state index in [1.54, 1.807) is 12.1 Å². The normalized spacial score (nSPS) is 15.9. The number of rotatable bonds is 6. The second-order valence-corrected chi connectivity index (χ2v) is 8.41. The van der Waals surface area contributed by atoms with Crippen LogP contribution in [0, 0.1) is 5.92 Å². The maximum atomic E-state index is 13.1. The molecule has 0 bridgehead atoms. The Hall–Kier alpha value is -3.12. The van der Waals surface area contributed by atoms with Crippen molar-refractivity contribution in [3.8, 4) is 0 Å². The van der Waals surface area contributed by atoms with E-state index in [1.807, 2.05) is 18.7 Å². The molecule has 1 N–H and O–H groups in total. The Morgan fingerprint density at radius 1 is 0.968 bits per heavy atom. The van der Waals surface area contributed by atoms with Crippen LogP contribution in [0.5, 0.6) is 0 Å². The summed E-state index contributed by atoms with van der Waals surface area (Å²) < 4.78 is 5.16. The van der Waals surface area contributed by atoms with Crippen molar-refractivity contribution >= 4 is 22.6 Å². The second kappa shape index (κ2) is 9.35. The van der Waals surface area contributed by atoms with Crippen molar-refractivity contribution in [3.05, 3.63) is 72.2 Å². The first-order valence-electron chi connectivity index (χ1n) is 10.8. The number of carbonyl (C=O) groups is 2. The van der Waals surface area contributed by atoms with Gasteiger partial charge in [0.25, 0.3) is 5.91 Å². The monoisotopic (exact) mass is 419 g/mol. The lowest BCUT2D eigenvalue weighted by atomic mass is 10.0. The highest BCUT2D eigenvalue weighted by atomic mass is 16.3. The fourth-order valence-corrected chi connectivity index (χ4v) is 4.13. The van der Waals surface area contributed by atoms with Crippen LogP contribution in [-0.4, -0.2) is 53.8 Å². The Balaban J connectivity index is 1.36. The summed E-state index contributed by atoms with van der Waals surface area (Å²) in [5.74, 6) is -0.176. The van der Waals surface area contributed by atoms with Crippen LogP contribution in [-0.2, 0) is 11.3 Å². The molecular weight excluding hydrogens is 390 g/mol. The van der Waals surface area contributed by atoms with Gasteiger partial charge in [-0.15, -0.1) is 0 Å². The quantitative estimate of drug-likeness (QED) is 0.664. The molecule has 31 heavy (non-hydrogen) atoms. The van der Waals surface area contributed by atoms with Crippen molar-refractivity contribution in [2.45, 2.75) is 26.4 Å². The Morgan fingerprint density at radius 3 is 2.42 bits per heavy atom. The van der Waals surface area contributed by atoms with Gasteiger partial charge < -0.3 is 14.6 Å². The van der Waals surface area contributed by atoms with Crippen molar-refractivity contribution in [2.75, 3.05) is 26.2 Å². The Labute approximate surface area is 182 Å². The molecule has 0 saturated carbocycles. The van der Waals surface area contributed by atoms with E-state index < -0.39 is 6.04 Å². The predicted molar refractivity (Wildman–Crippen MR) is 121 cm³/mol. The number of furan rings is 1. The number of amides is 2. The lowest BCUT2D eigenvalue weighted by Gasteiger charge is -2.37. The minimum Gasteiger partial charge on any atom is -0.459 e. The molecule has 1 atom stereocenters. The number of hydrogen-bond acceptors (Lipinski definition) is 4. The number of nitrogens with zero attached hydrogens (tertiary/aromatic N) is 2. The van der Waals surface area contributed by atoms with E-state index in [-0.39, 0.29) is 23.5 Å². The molecular formula is C25H29N3O3. The van der Waals surface area contributed by atoms with Gasteiger partial charge in [0.15, 0.2) is 5.76 Å². The maximum Gasteiger partial charge on any atom is 0.287 e. The Kier molecular flexibility index (Phi) is 6.37. The van der Waals surface area contributed by atoms with E-state index in [4.69, 9.17) is 4.42 Å². The van der Waals surface area contributed by atoms with Gasteiger partial charge in [-0.25, -0.2) is 0 Å². The van der Waals surface area contributed by atoms with E-state index in [0.717, 1.165) is 19.6 Å². The number of benzene rings is 2. The molecule has 1 aliphatic heterocycles. The van der Waals surface area contributed by atoms with Crippen LogP contribution in [0.25, 0.3) is 10.8 Å². The third kappa shape index (κ3) is 4.80. The average Bonchev–Trinajstić information content (AvgIpc) is 3.33. The van der Waals surface area contributed by atoms with Crippen molar-refractivity contribution in [1.82, 2.24) is 15.1 Å². The van der Waals surface area contributed by atoms with Crippen LogP contribution in [0.2, 0.25) is 0 Å². The first-order valence-corrected chi connectivity index (χ1v) is 10.8. The second-order valence-electron chi connectivity index (χ2n) is 8.41. The highest BCUT2D eigenvalue weighted by Crippen LogP contribution is 2.21. The zero-order valence-electron chi connectivity index (χ0n) is 18.1. The van der Waals surface area contributed by atoms with E-state index in [1.165, 1.54) is 22.6 Å². The summed E-state index contributed by atoms with van der Waals surface area (Å²) in [5, 5.41) is 5.38. The summed E-state index contributed by atoms with van der Waals surface area (Å²) in [6.07, 6.45) is 1.45. The summed E-state index contributed by atoms with van der Waals surface area (Å²) in [4.78, 5) is 29.8. The molecule has 1 saturated heterocycles. The molecule has 1 aromatic heterocycles. The highest BCUT2D eigenvalue weighted by Gasteiger charge is 2.31. The lowest BCUT2D eigenvalue weighted by Crippen LogP contribution is -2.56. The smallest absolute Gasteiger partial charge is 0.287 e. The zero-order valence-corrected chi connectivity index (χ0v) is 18.1. The van der Waals surface area contributed by atoms with Gasteiger partial charge in [-0.3, -0.25) is 14.5 Å². The average molecular weight is 420 g/mol.